The van der Waals surface area contributed by atoms with Gasteiger partial charge in [-0.25, -0.2) is 4.79 Å². The quantitative estimate of drug-likeness (QED) is 0.148. The summed E-state index contributed by atoms with van der Waals surface area (Å²) in [5.74, 6) is 2.00. The predicted molar refractivity (Wildman–Crippen MR) is 232 cm³/mol. The van der Waals surface area contributed by atoms with Crippen LogP contribution in [0, 0.1) is 12.3 Å². The maximum absolute atomic E-state index is 12.9. The molecule has 8 rings (SSSR count). The molecular weight excluding hydrogens is 727 g/mol. The van der Waals surface area contributed by atoms with Gasteiger partial charge in [0.25, 0.3) is 0 Å². The molecule has 1 spiro atoms. The fourth-order valence-electron chi connectivity index (χ4n) is 8.85. The molecule has 1 unspecified atom stereocenters. The number of nitrogens with one attached hydrogen (secondary N) is 1. The lowest BCUT2D eigenvalue weighted by molar-refractivity contribution is -0.0434. The average Bonchev–Trinajstić information content (AvgIpc) is 3.68. The summed E-state index contributed by atoms with van der Waals surface area (Å²) >= 11 is 0. The molecule has 1 N–H and O–H groups in total. The van der Waals surface area contributed by atoms with Crippen molar-refractivity contribution in [1.82, 2.24) is 30.0 Å². The third-order valence-electron chi connectivity index (χ3n) is 12.5. The minimum atomic E-state index is -0.515. The highest BCUT2D eigenvalue weighted by atomic mass is 16.6. The smallest absolute Gasteiger partial charge is 0.410 e. The molecule has 3 aromatic carbocycles. The lowest BCUT2D eigenvalue weighted by Gasteiger charge is -2.53. The first-order chi connectivity index (χ1) is 27.8. The van der Waals surface area contributed by atoms with Crippen molar-refractivity contribution in [1.29, 1.82) is 0 Å². The molecule has 58 heavy (non-hydrogen) atoms. The Morgan fingerprint density at radius 1 is 1.02 bits per heavy atom. The minimum Gasteiger partial charge on any atom is -0.486 e. The van der Waals surface area contributed by atoms with Crippen molar-refractivity contribution < 1.29 is 19.0 Å². The second-order valence-electron chi connectivity index (χ2n) is 18.0. The standard InChI is InChI=1S/C47H59N7O4/c1-9-30(3)34-14-12-32(13-15-34)27-56-42-40(39-31(4)11-16-38-37(39)26-48-51-38)33(10-2)25-36-41(42)49-44(57-35-17-21-52(8)22-18-35)50-43(36)53-23-19-47(20-24-53)28-54(29-47)45(55)58-46(5,6)7/h10-16,25-26,30,35H,2,9,17-24,27-29H2,1,3-8H3,(H,48,51). The van der Waals surface area contributed by atoms with Gasteiger partial charge < -0.3 is 28.9 Å². The Morgan fingerprint density at radius 3 is 2.41 bits per heavy atom. The molecule has 0 aliphatic carbocycles. The lowest BCUT2D eigenvalue weighted by Crippen LogP contribution is -2.62. The molecule has 2 aromatic heterocycles. The van der Waals surface area contributed by atoms with E-state index in [0.717, 1.165) is 108 Å². The van der Waals surface area contributed by atoms with Crippen LogP contribution >= 0.6 is 0 Å². The van der Waals surface area contributed by atoms with Gasteiger partial charge in [-0.1, -0.05) is 56.8 Å². The number of hydrogen-bond acceptors (Lipinski definition) is 9. The number of likely N-dealkylation sites (tertiary alicyclic amines) is 2. The van der Waals surface area contributed by atoms with Crippen LogP contribution in [0.25, 0.3) is 39.0 Å². The van der Waals surface area contributed by atoms with Crippen LogP contribution in [0.15, 0.2) is 55.2 Å². The molecule has 11 nitrogen and oxygen atoms in total. The van der Waals surface area contributed by atoms with Gasteiger partial charge in [0.05, 0.1) is 11.7 Å². The third-order valence-corrected chi connectivity index (χ3v) is 12.5. The summed E-state index contributed by atoms with van der Waals surface area (Å²) in [6, 6.07) is 15.5. The zero-order valence-electron chi connectivity index (χ0n) is 35.4. The number of ether oxygens (including phenoxy) is 3. The van der Waals surface area contributed by atoms with Gasteiger partial charge in [-0.2, -0.15) is 15.1 Å². The lowest BCUT2D eigenvalue weighted by atomic mass is 9.72. The summed E-state index contributed by atoms with van der Waals surface area (Å²) in [5, 5.41) is 9.51. The first kappa shape index (κ1) is 39.7. The van der Waals surface area contributed by atoms with Crippen molar-refractivity contribution in [2.75, 3.05) is 51.2 Å². The van der Waals surface area contributed by atoms with Crippen LogP contribution in [0.5, 0.6) is 11.8 Å². The Bertz CT molecular complexity index is 2290. The minimum absolute atomic E-state index is 0.0159. The molecule has 5 aromatic rings. The number of aryl methyl sites for hydroxylation is 1. The van der Waals surface area contributed by atoms with Gasteiger partial charge in [0.15, 0.2) is 5.75 Å². The summed E-state index contributed by atoms with van der Waals surface area (Å²) in [4.78, 5) is 29.9. The van der Waals surface area contributed by atoms with Gasteiger partial charge in [0.1, 0.15) is 29.6 Å². The first-order valence-corrected chi connectivity index (χ1v) is 21.1. The average molecular weight is 786 g/mol. The van der Waals surface area contributed by atoms with E-state index in [-0.39, 0.29) is 17.6 Å². The van der Waals surface area contributed by atoms with Crippen molar-refractivity contribution in [2.45, 2.75) is 97.9 Å². The number of piperidine rings is 2. The maximum Gasteiger partial charge on any atom is 0.410 e. The van der Waals surface area contributed by atoms with Crippen molar-refractivity contribution in [2.24, 2.45) is 5.41 Å². The van der Waals surface area contributed by atoms with E-state index in [1.807, 2.05) is 37.9 Å². The summed E-state index contributed by atoms with van der Waals surface area (Å²) in [5.41, 5.74) is 7.60. The highest BCUT2D eigenvalue weighted by molar-refractivity contribution is 6.07. The summed E-state index contributed by atoms with van der Waals surface area (Å²) in [6.45, 7) is 22.0. The van der Waals surface area contributed by atoms with E-state index >= 15 is 0 Å². The van der Waals surface area contributed by atoms with E-state index in [0.29, 0.717) is 42.9 Å². The molecule has 3 saturated heterocycles. The van der Waals surface area contributed by atoms with Crippen molar-refractivity contribution in [3.8, 4) is 22.9 Å². The zero-order valence-corrected chi connectivity index (χ0v) is 35.4. The number of fused-ring (bicyclic) bond motifs is 2. The molecule has 0 radical (unpaired) electrons. The number of nitrogens with zero attached hydrogens (tertiary/aromatic N) is 6. The number of anilines is 1. The Morgan fingerprint density at radius 2 is 1.74 bits per heavy atom. The van der Waals surface area contributed by atoms with Crippen molar-refractivity contribution in [3.05, 3.63) is 77.5 Å². The second kappa shape index (κ2) is 15.9. The number of rotatable bonds is 10. The summed E-state index contributed by atoms with van der Waals surface area (Å²) in [6.07, 6.45) is 8.37. The van der Waals surface area contributed by atoms with Gasteiger partial charge in [0, 0.05) is 61.0 Å². The Hall–Kier alpha value is -5.16. The molecule has 5 heterocycles. The van der Waals surface area contributed by atoms with Crippen molar-refractivity contribution >= 4 is 39.8 Å². The Balaban J connectivity index is 1.22. The summed E-state index contributed by atoms with van der Waals surface area (Å²) < 4.78 is 19.5. The Labute approximate surface area is 342 Å². The van der Waals surface area contributed by atoms with Crippen LogP contribution in [-0.2, 0) is 11.3 Å². The van der Waals surface area contributed by atoms with Crippen LogP contribution in [0.3, 0.4) is 0 Å². The number of carbonyl (C=O) groups is 1. The van der Waals surface area contributed by atoms with Gasteiger partial charge in [-0.15, -0.1) is 0 Å². The number of aromatic amines is 1. The molecule has 1 atom stereocenters. The predicted octanol–water partition coefficient (Wildman–Crippen LogP) is 9.53. The van der Waals surface area contributed by atoms with Gasteiger partial charge >= 0.3 is 12.1 Å². The van der Waals surface area contributed by atoms with Gasteiger partial charge in [-0.05, 0) is 113 Å². The van der Waals surface area contributed by atoms with Gasteiger partial charge in [0.2, 0.25) is 0 Å². The zero-order chi connectivity index (χ0) is 40.8. The molecule has 306 valence electrons. The molecule has 3 aliphatic rings. The number of benzene rings is 3. The fourth-order valence-corrected chi connectivity index (χ4v) is 8.85. The molecular formula is C47H59N7O4. The molecule has 0 bridgehead atoms. The van der Waals surface area contributed by atoms with Crippen LogP contribution in [0.4, 0.5) is 10.6 Å². The number of carbonyl (C=O) groups excluding carboxylic acids is 1. The molecule has 1 amide bonds. The molecule has 11 heteroatoms. The molecule has 3 aliphatic heterocycles. The highest BCUT2D eigenvalue weighted by Crippen LogP contribution is 2.48. The highest BCUT2D eigenvalue weighted by Gasteiger charge is 2.48. The first-order valence-electron chi connectivity index (χ1n) is 21.1. The number of aromatic nitrogens is 4. The fraction of sp³-hybridized carbons (Fsp3) is 0.489. The third kappa shape index (κ3) is 7.97. The van der Waals surface area contributed by atoms with E-state index in [4.69, 9.17) is 24.2 Å². The van der Waals surface area contributed by atoms with E-state index in [1.165, 1.54) is 5.56 Å². The van der Waals surface area contributed by atoms with Gasteiger partial charge in [-0.3, -0.25) is 5.10 Å². The largest absolute Gasteiger partial charge is 0.486 e. The van der Waals surface area contributed by atoms with E-state index in [1.54, 1.807) is 0 Å². The number of amides is 1. The number of hydrogen-bond donors (Lipinski definition) is 1. The summed E-state index contributed by atoms with van der Waals surface area (Å²) in [7, 11) is 2.15. The second-order valence-corrected chi connectivity index (χ2v) is 18.0. The normalized spacial score (nSPS) is 18.1. The topological polar surface area (TPSA) is 109 Å². The van der Waals surface area contributed by atoms with E-state index < -0.39 is 5.60 Å². The van der Waals surface area contributed by atoms with Crippen LogP contribution < -0.4 is 14.4 Å². The van der Waals surface area contributed by atoms with Crippen LogP contribution in [0.1, 0.15) is 94.9 Å². The SMILES string of the molecule is C=Cc1cc2c(N3CCC4(CC3)CN(C(=O)OC(C)(C)C)C4)nc(OC3CCN(C)CC3)nc2c(OCc2ccc(C(C)CC)cc2)c1-c1c(C)ccc2[nH]ncc12. The number of H-pyrrole nitrogens is 1. The van der Waals surface area contributed by atoms with Crippen LogP contribution in [0.2, 0.25) is 0 Å². The van der Waals surface area contributed by atoms with Crippen LogP contribution in [-0.4, -0.2) is 94.1 Å². The van der Waals surface area contributed by atoms with E-state index in [9.17, 15) is 4.79 Å². The monoisotopic (exact) mass is 785 g/mol. The molecule has 0 saturated carbocycles. The Kier molecular flexibility index (Phi) is 10.9. The van der Waals surface area contributed by atoms with Crippen molar-refractivity contribution in [3.63, 3.8) is 0 Å². The molecule has 3 fully saturated rings. The maximum atomic E-state index is 12.9. The van der Waals surface area contributed by atoms with E-state index in [2.05, 4.69) is 96.9 Å².